The van der Waals surface area contributed by atoms with Crippen molar-refractivity contribution in [3.05, 3.63) is 78.8 Å². The molecule has 2 saturated heterocycles. The Bertz CT molecular complexity index is 1840. The molecule has 2 aliphatic rings. The molecule has 17 nitrogen and oxygen atoms in total. The van der Waals surface area contributed by atoms with Crippen LogP contribution in [0.2, 0.25) is 0 Å². The first-order valence-corrected chi connectivity index (χ1v) is 18.3. The number of nitrogens with zero attached hydrogens (tertiary/aromatic N) is 5. The number of amides is 2. The molecule has 19 heteroatoms. The molecule has 300 valence electrons. The lowest BCUT2D eigenvalue weighted by Crippen LogP contribution is -2.44. The van der Waals surface area contributed by atoms with Gasteiger partial charge in [0.1, 0.15) is 47.0 Å². The highest BCUT2D eigenvalue weighted by atomic mass is 31.0. The summed E-state index contributed by atoms with van der Waals surface area (Å²) in [5, 5.41) is 22.4. The molecule has 2 amide bonds. The van der Waals surface area contributed by atoms with Gasteiger partial charge in [0.25, 0.3) is 0 Å². The Morgan fingerprint density at radius 1 is 0.696 bits per heavy atom. The van der Waals surface area contributed by atoms with Gasteiger partial charge in [0.15, 0.2) is 0 Å². The molecule has 0 saturated carbocycles. The second kappa shape index (κ2) is 16.6. The summed E-state index contributed by atoms with van der Waals surface area (Å²) in [7, 11) is 3.74. The zero-order chi connectivity index (χ0) is 41.1. The van der Waals surface area contributed by atoms with Gasteiger partial charge in [-0.05, 0) is 71.4 Å². The fourth-order valence-corrected chi connectivity index (χ4v) is 6.54. The van der Waals surface area contributed by atoms with Crippen LogP contribution in [0.1, 0.15) is 65.6 Å². The van der Waals surface area contributed by atoms with E-state index in [2.05, 4.69) is 15.0 Å². The molecule has 2 N–H and O–H groups in total. The van der Waals surface area contributed by atoms with Crippen LogP contribution < -0.4 is 0 Å². The van der Waals surface area contributed by atoms with Crippen molar-refractivity contribution in [2.24, 2.45) is 0 Å². The highest BCUT2D eigenvalue weighted by Gasteiger charge is 2.52. The van der Waals surface area contributed by atoms with E-state index in [1.54, 1.807) is 84.1 Å². The van der Waals surface area contributed by atoms with Crippen LogP contribution in [0, 0.1) is 0 Å². The van der Waals surface area contributed by atoms with Gasteiger partial charge >= 0.3 is 24.1 Å². The van der Waals surface area contributed by atoms with Crippen molar-refractivity contribution in [1.82, 2.24) is 24.8 Å². The van der Waals surface area contributed by atoms with Crippen LogP contribution in [0.4, 0.5) is 9.59 Å². The van der Waals surface area contributed by atoms with E-state index >= 15 is 0 Å². The van der Waals surface area contributed by atoms with Gasteiger partial charge in [0, 0.05) is 24.6 Å². The number of hydrogen-bond acceptors (Lipinski definition) is 15. The predicted octanol–water partition coefficient (Wildman–Crippen LogP) is 5.14. The molecule has 5 heterocycles. The molecule has 4 aromatic rings. The Morgan fingerprint density at radius 3 is 1.55 bits per heavy atom. The van der Waals surface area contributed by atoms with Crippen LogP contribution in [-0.2, 0) is 39.3 Å². The van der Waals surface area contributed by atoms with E-state index in [-0.39, 0.29) is 25.9 Å². The van der Waals surface area contributed by atoms with Crippen molar-refractivity contribution in [2.45, 2.75) is 88.9 Å². The summed E-state index contributed by atoms with van der Waals surface area (Å²) in [6, 6.07) is 8.33. The second-order valence-corrected chi connectivity index (χ2v) is 15.7. The monoisotopic (exact) mass is 813 g/mol. The van der Waals surface area contributed by atoms with E-state index in [4.69, 9.17) is 27.4 Å². The molecule has 0 spiro atoms. The van der Waals surface area contributed by atoms with E-state index in [9.17, 15) is 29.4 Å². The molecule has 56 heavy (non-hydrogen) atoms. The van der Waals surface area contributed by atoms with Crippen molar-refractivity contribution in [2.75, 3.05) is 13.1 Å². The van der Waals surface area contributed by atoms with Crippen molar-refractivity contribution >= 4 is 43.1 Å². The minimum absolute atomic E-state index is 0.00216. The number of carbonyl (C=O) groups is 4. The minimum Gasteiger partial charge on any atom is -0.450 e. The lowest BCUT2D eigenvalue weighted by molar-refractivity contribution is -0.139. The zero-order valence-electron chi connectivity index (χ0n) is 31.7. The van der Waals surface area contributed by atoms with Crippen LogP contribution in [0.25, 0.3) is 22.9 Å². The average molecular weight is 814 g/mol. The number of β-amino-alcohol motifs (C(OH)–C–C–N with tert-alkyl or cyclic N) is 2. The summed E-state index contributed by atoms with van der Waals surface area (Å²) in [6.45, 7) is 10.1. The second-order valence-electron chi connectivity index (χ2n) is 15.3. The quantitative estimate of drug-likeness (QED) is 0.241. The van der Waals surface area contributed by atoms with E-state index < -0.39 is 58.6 Å². The molecule has 0 radical (unpaired) electrons. The maximum Gasteiger partial charge on any atom is 0.411 e. The van der Waals surface area contributed by atoms with Crippen molar-refractivity contribution in [1.29, 1.82) is 0 Å². The van der Waals surface area contributed by atoms with Gasteiger partial charge in [-0.3, -0.25) is 14.8 Å². The molecular formula is C37H45N5O12P2. The van der Waals surface area contributed by atoms with E-state index in [1.165, 1.54) is 34.7 Å². The Morgan fingerprint density at radius 2 is 1.14 bits per heavy atom. The molecule has 4 unspecified atom stereocenters. The van der Waals surface area contributed by atoms with Gasteiger partial charge in [0.2, 0.25) is 11.8 Å². The zero-order valence-corrected chi connectivity index (χ0v) is 34.0. The summed E-state index contributed by atoms with van der Waals surface area (Å²) in [4.78, 5) is 64.3. The van der Waals surface area contributed by atoms with Crippen molar-refractivity contribution in [3.8, 4) is 22.9 Å². The fraction of sp³-hybridized carbons (Fsp3) is 0.432. The third-order valence-electron chi connectivity index (χ3n) is 8.73. The normalized spacial score (nSPS) is 22.2. The topological polar surface area (TPSA) is 217 Å². The SMILES string of the molecule is CC(C)(C)OC(=O)N1C[C@](O)(c2ccc(-c3ncco3)cc2)CC1C(=O)OP.CC(C)(C)OC(=O)N1C[C@](O)(c2ccc(-c3ncco3)cn2)CC1C(=O)OP. The molecule has 3 aromatic heterocycles. The summed E-state index contributed by atoms with van der Waals surface area (Å²) in [5.74, 6) is -0.437. The van der Waals surface area contributed by atoms with Crippen LogP contribution in [0.3, 0.4) is 0 Å². The predicted molar refractivity (Wildman–Crippen MR) is 204 cm³/mol. The van der Waals surface area contributed by atoms with Gasteiger partial charge in [0.05, 0.1) is 55.7 Å². The number of benzene rings is 1. The van der Waals surface area contributed by atoms with Gasteiger partial charge in [-0.15, -0.1) is 0 Å². The number of ether oxygens (including phenoxy) is 2. The maximum absolute atomic E-state index is 12.6. The number of oxazole rings is 2. The maximum atomic E-state index is 12.6. The lowest BCUT2D eigenvalue weighted by Gasteiger charge is -2.28. The smallest absolute Gasteiger partial charge is 0.411 e. The molecule has 6 atom stereocenters. The summed E-state index contributed by atoms with van der Waals surface area (Å²) in [6.07, 6.45) is 6.05. The molecule has 0 aliphatic carbocycles. The lowest BCUT2D eigenvalue weighted by atomic mass is 9.90. The largest absolute Gasteiger partial charge is 0.450 e. The van der Waals surface area contributed by atoms with Gasteiger partial charge in [-0.25, -0.2) is 29.1 Å². The standard InChI is InChI=1S/C19H23N2O6P.C18H22N3O6P/c1-18(2,3)26-17(23)21-11-19(24,10-14(21)16(22)27-28)13-6-4-12(5-7-13)15-20-8-9-25-15;1-17(2,3)26-16(23)21-10-18(24,8-12(21)15(22)27-28)13-5-4-11(9-20-13)14-19-6-7-25-14/h4-9,14,24H,10-11,28H2,1-3H3;4-7,9,12,24H,8,10,28H2,1-3H3/t14?,19-;12?,18-/m00/s1. The number of hydrogen-bond donors (Lipinski definition) is 2. The number of likely N-dealkylation sites (tertiary alicyclic amines) is 2. The van der Waals surface area contributed by atoms with Crippen molar-refractivity contribution in [3.63, 3.8) is 0 Å². The molecule has 0 bridgehead atoms. The molecule has 6 rings (SSSR count). The first-order valence-electron chi connectivity index (χ1n) is 17.4. The van der Waals surface area contributed by atoms with E-state index in [0.717, 1.165) is 5.56 Å². The van der Waals surface area contributed by atoms with E-state index in [0.29, 0.717) is 28.6 Å². The Hall–Kier alpha value is -4.95. The molecular weight excluding hydrogens is 768 g/mol. The summed E-state index contributed by atoms with van der Waals surface area (Å²) < 4.78 is 30.7. The van der Waals surface area contributed by atoms with Crippen LogP contribution in [0.15, 0.2) is 76.3 Å². The summed E-state index contributed by atoms with van der Waals surface area (Å²) in [5.41, 5.74) is -2.16. The third kappa shape index (κ3) is 9.88. The minimum atomic E-state index is -1.53. The molecule has 1 aromatic carbocycles. The van der Waals surface area contributed by atoms with Crippen LogP contribution in [0.5, 0.6) is 0 Å². The number of rotatable bonds is 6. The first-order chi connectivity index (χ1) is 26.3. The summed E-state index contributed by atoms with van der Waals surface area (Å²) >= 11 is 0. The van der Waals surface area contributed by atoms with Crippen LogP contribution in [-0.4, -0.2) is 95.5 Å². The Kier molecular flexibility index (Phi) is 12.5. The van der Waals surface area contributed by atoms with E-state index in [1.807, 2.05) is 18.9 Å². The van der Waals surface area contributed by atoms with Crippen molar-refractivity contribution < 1.29 is 56.7 Å². The Labute approximate surface area is 327 Å². The number of aliphatic hydroxyl groups is 2. The van der Waals surface area contributed by atoms with Gasteiger partial charge in [-0.2, -0.15) is 0 Å². The average Bonchev–Trinajstić information content (AvgIpc) is 3.98. The molecule has 2 aliphatic heterocycles. The highest BCUT2D eigenvalue weighted by Crippen LogP contribution is 2.39. The van der Waals surface area contributed by atoms with Crippen LogP contribution >= 0.6 is 18.9 Å². The van der Waals surface area contributed by atoms with Gasteiger partial charge in [-0.1, -0.05) is 12.1 Å². The third-order valence-corrected chi connectivity index (χ3v) is 9.20. The Balaban J connectivity index is 0.000000214. The first kappa shape index (κ1) is 42.2. The number of pyridine rings is 1. The number of carbonyl (C=O) groups excluding carboxylic acids is 4. The van der Waals surface area contributed by atoms with Gasteiger partial charge < -0.3 is 37.6 Å². The number of aromatic nitrogens is 3. The molecule has 2 fully saturated rings. The highest BCUT2D eigenvalue weighted by molar-refractivity contribution is 7.11. The fourth-order valence-electron chi connectivity index (χ4n) is 6.22.